The van der Waals surface area contributed by atoms with E-state index in [2.05, 4.69) is 0 Å². The minimum atomic E-state index is -1.72. The number of hydrogen-bond acceptors (Lipinski definition) is 6. The number of fused-ring (bicyclic) bond motifs is 5. The third-order valence-corrected chi connectivity index (χ3v) is 5.30. The molecule has 3 unspecified atom stereocenters. The molecule has 142 valence electrons. The van der Waals surface area contributed by atoms with Gasteiger partial charge < -0.3 is 24.4 Å². The van der Waals surface area contributed by atoms with Gasteiger partial charge in [-0.15, -0.1) is 0 Å². The minimum absolute atomic E-state index is 0.0929. The van der Waals surface area contributed by atoms with E-state index in [1.165, 1.54) is 18.2 Å². The van der Waals surface area contributed by atoms with E-state index in [0.717, 1.165) is 11.1 Å². The second kappa shape index (κ2) is 5.97. The molecule has 1 aromatic carbocycles. The number of aliphatic hydroxyl groups is 2. The first kappa shape index (κ1) is 17.8. The van der Waals surface area contributed by atoms with Crippen molar-refractivity contribution < 1.29 is 29.2 Å². The smallest absolute Gasteiger partial charge is 0.181 e. The molecule has 1 fully saturated rings. The first-order valence-electron chi connectivity index (χ1n) is 8.83. The highest BCUT2D eigenvalue weighted by Crippen LogP contribution is 2.53. The van der Waals surface area contributed by atoms with E-state index in [0.29, 0.717) is 23.5 Å². The van der Waals surface area contributed by atoms with Gasteiger partial charge in [-0.05, 0) is 44.6 Å². The van der Waals surface area contributed by atoms with Crippen LogP contribution in [-0.4, -0.2) is 41.4 Å². The molecule has 6 nitrogen and oxygen atoms in total. The predicted octanol–water partition coefficient (Wildman–Crippen LogP) is 1.94. The lowest BCUT2D eigenvalue weighted by Crippen LogP contribution is -2.61. The largest absolute Gasteiger partial charge is 0.496 e. The maximum atomic E-state index is 11.7. The van der Waals surface area contributed by atoms with Crippen LogP contribution < -0.4 is 9.47 Å². The molecule has 4 rings (SSSR count). The lowest BCUT2D eigenvalue weighted by molar-refractivity contribution is -0.187. The summed E-state index contributed by atoms with van der Waals surface area (Å²) < 4.78 is 17.2. The quantitative estimate of drug-likeness (QED) is 0.791. The van der Waals surface area contributed by atoms with Gasteiger partial charge in [0, 0.05) is 17.2 Å². The molecule has 0 radical (unpaired) electrons. The molecule has 3 atom stereocenters. The number of hydrogen-bond donors (Lipinski definition) is 2. The average molecular weight is 370 g/mol. The third-order valence-electron chi connectivity index (χ3n) is 5.30. The minimum Gasteiger partial charge on any atom is -0.496 e. The van der Waals surface area contributed by atoms with Crippen LogP contribution in [-0.2, 0) is 21.6 Å². The van der Waals surface area contributed by atoms with Crippen molar-refractivity contribution in [3.63, 3.8) is 0 Å². The van der Waals surface area contributed by atoms with E-state index in [1.54, 1.807) is 19.2 Å². The van der Waals surface area contributed by atoms with Crippen molar-refractivity contribution in [1.29, 1.82) is 0 Å². The van der Waals surface area contributed by atoms with Gasteiger partial charge in [0.1, 0.15) is 23.9 Å². The second-order valence-electron chi connectivity index (χ2n) is 7.39. The lowest BCUT2D eigenvalue weighted by atomic mass is 9.76. The van der Waals surface area contributed by atoms with Crippen molar-refractivity contribution >= 4 is 5.78 Å². The van der Waals surface area contributed by atoms with Crippen molar-refractivity contribution in [2.75, 3.05) is 13.7 Å². The molecule has 0 aromatic heterocycles. The van der Waals surface area contributed by atoms with Gasteiger partial charge in [-0.1, -0.05) is 11.6 Å². The number of methoxy groups -OCH3 is 1. The zero-order chi connectivity index (χ0) is 19.4. The van der Waals surface area contributed by atoms with Crippen LogP contribution in [0, 0.1) is 0 Å². The Hall–Kier alpha value is -2.57. The highest BCUT2D eigenvalue weighted by molar-refractivity contribution is 6.01. The van der Waals surface area contributed by atoms with Gasteiger partial charge in [-0.2, -0.15) is 0 Å². The maximum absolute atomic E-state index is 11.7. The fraction of sp³-hybridized carbons (Fsp3) is 0.381. The van der Waals surface area contributed by atoms with Crippen molar-refractivity contribution in [2.24, 2.45) is 0 Å². The van der Waals surface area contributed by atoms with Crippen LogP contribution >= 0.6 is 0 Å². The van der Waals surface area contributed by atoms with E-state index < -0.39 is 17.3 Å². The standard InChI is InChI=1S/C21H22O6/c1-12(2)4-5-14-16(25-3)7-6-15-18(14)27-19-20(23)9-8-13(22)10-17(20)26-11-21(15,19)24/h4,6-10,19,23-24H,5,11H2,1-3H3. The molecule has 2 aliphatic heterocycles. The molecule has 6 heteroatoms. The van der Waals surface area contributed by atoms with Crippen molar-refractivity contribution in [1.82, 2.24) is 0 Å². The van der Waals surface area contributed by atoms with Gasteiger partial charge in [0.2, 0.25) is 0 Å². The molecule has 0 amide bonds. The molecule has 1 aliphatic carbocycles. The highest BCUT2D eigenvalue weighted by Gasteiger charge is 2.63. The Morgan fingerprint density at radius 2 is 2.15 bits per heavy atom. The summed E-state index contributed by atoms with van der Waals surface area (Å²) in [6, 6.07) is 3.52. The van der Waals surface area contributed by atoms with Crippen LogP contribution in [0.2, 0.25) is 0 Å². The fourth-order valence-electron chi connectivity index (χ4n) is 3.89. The van der Waals surface area contributed by atoms with E-state index >= 15 is 0 Å². The van der Waals surface area contributed by atoms with Crippen molar-refractivity contribution in [3.8, 4) is 11.5 Å². The maximum Gasteiger partial charge on any atom is 0.181 e. The van der Waals surface area contributed by atoms with E-state index in [1.807, 2.05) is 19.9 Å². The lowest BCUT2D eigenvalue weighted by Gasteiger charge is -2.45. The van der Waals surface area contributed by atoms with E-state index in [-0.39, 0.29) is 18.1 Å². The first-order valence-corrected chi connectivity index (χ1v) is 8.83. The molecule has 3 aliphatic rings. The number of ether oxygens (including phenoxy) is 3. The van der Waals surface area contributed by atoms with Crippen LogP contribution in [0.25, 0.3) is 0 Å². The number of carbonyl (C=O) groups is 1. The zero-order valence-corrected chi connectivity index (χ0v) is 15.5. The molecular weight excluding hydrogens is 348 g/mol. The summed E-state index contributed by atoms with van der Waals surface area (Å²) in [6.07, 6.45) is 5.41. The second-order valence-corrected chi connectivity index (χ2v) is 7.39. The molecule has 1 saturated heterocycles. The van der Waals surface area contributed by atoms with E-state index in [9.17, 15) is 15.0 Å². The Morgan fingerprint density at radius 3 is 2.85 bits per heavy atom. The number of rotatable bonds is 3. The molecule has 27 heavy (non-hydrogen) atoms. The Bertz CT molecular complexity index is 907. The first-order chi connectivity index (χ1) is 12.8. The molecule has 2 N–H and O–H groups in total. The van der Waals surface area contributed by atoms with Gasteiger partial charge in [-0.3, -0.25) is 4.79 Å². The summed E-state index contributed by atoms with van der Waals surface area (Å²) in [5.41, 5.74) is -0.782. The van der Waals surface area contributed by atoms with Gasteiger partial charge in [-0.25, -0.2) is 0 Å². The molecule has 2 heterocycles. The Balaban J connectivity index is 1.84. The molecule has 1 aromatic rings. The van der Waals surface area contributed by atoms with Crippen LogP contribution in [0.5, 0.6) is 11.5 Å². The molecule has 0 bridgehead atoms. The molecule has 0 saturated carbocycles. The Kier molecular flexibility index (Phi) is 3.94. The molecular formula is C21H22O6. The fourth-order valence-corrected chi connectivity index (χ4v) is 3.89. The average Bonchev–Trinajstić information content (AvgIpc) is 2.94. The summed E-state index contributed by atoms with van der Waals surface area (Å²) in [5, 5.41) is 22.6. The van der Waals surface area contributed by atoms with Crippen molar-refractivity contribution in [2.45, 2.75) is 37.6 Å². The third kappa shape index (κ3) is 2.51. The normalized spacial score (nSPS) is 30.3. The van der Waals surface area contributed by atoms with E-state index in [4.69, 9.17) is 14.2 Å². The SMILES string of the molecule is COc1ccc2c(c1CC=C(C)C)OC1C3(O)C=CC(=O)C=C3OCC21O. The summed E-state index contributed by atoms with van der Waals surface area (Å²) in [7, 11) is 1.58. The summed E-state index contributed by atoms with van der Waals surface area (Å²) in [4.78, 5) is 11.7. The number of benzene rings is 1. The Labute approximate surface area is 157 Å². The number of allylic oxidation sites excluding steroid dienone is 4. The number of carbonyl (C=O) groups excluding carboxylic acids is 1. The zero-order valence-electron chi connectivity index (χ0n) is 15.5. The van der Waals surface area contributed by atoms with Crippen molar-refractivity contribution in [3.05, 3.63) is 58.9 Å². The topological polar surface area (TPSA) is 85.2 Å². The van der Waals surface area contributed by atoms with Gasteiger partial charge in [0.05, 0.1) is 7.11 Å². The van der Waals surface area contributed by atoms with Gasteiger partial charge >= 0.3 is 0 Å². The van der Waals surface area contributed by atoms with Crippen LogP contribution in [0.1, 0.15) is 25.0 Å². The summed E-state index contributed by atoms with van der Waals surface area (Å²) in [5.74, 6) is 0.950. The number of ketones is 1. The highest BCUT2D eigenvalue weighted by atomic mass is 16.6. The Morgan fingerprint density at radius 1 is 1.37 bits per heavy atom. The van der Waals surface area contributed by atoms with Crippen LogP contribution in [0.3, 0.4) is 0 Å². The monoisotopic (exact) mass is 370 g/mol. The molecule has 0 spiro atoms. The summed E-state index contributed by atoms with van der Waals surface area (Å²) >= 11 is 0. The predicted molar refractivity (Wildman–Crippen MR) is 97.6 cm³/mol. The van der Waals surface area contributed by atoms with Gasteiger partial charge in [0.15, 0.2) is 23.1 Å². The van der Waals surface area contributed by atoms with Crippen LogP contribution in [0.4, 0.5) is 0 Å². The summed E-state index contributed by atoms with van der Waals surface area (Å²) in [6.45, 7) is 3.89. The van der Waals surface area contributed by atoms with Gasteiger partial charge in [0.25, 0.3) is 0 Å². The van der Waals surface area contributed by atoms with Crippen LogP contribution in [0.15, 0.2) is 47.8 Å².